The molecule has 17 heavy (non-hydrogen) atoms. The Labute approximate surface area is 103 Å². The van der Waals surface area contributed by atoms with Crippen LogP contribution in [-0.2, 0) is 11.2 Å². The molecule has 0 fully saturated rings. The second-order valence-electron chi connectivity index (χ2n) is 4.51. The second-order valence-corrected chi connectivity index (χ2v) is 4.51. The normalized spacial score (nSPS) is 18.5. The van der Waals surface area contributed by atoms with Crippen LogP contribution in [0.25, 0.3) is 0 Å². The quantitative estimate of drug-likeness (QED) is 0.831. The fraction of sp³-hybridized carbons (Fsp3) is 0.500. The predicted molar refractivity (Wildman–Crippen MR) is 68.8 cm³/mol. The van der Waals surface area contributed by atoms with Crippen LogP contribution >= 0.6 is 0 Å². The minimum Gasteiger partial charge on any atom is -0.354 e. The Bertz CT molecular complexity index is 390. The molecule has 0 saturated carbocycles. The summed E-state index contributed by atoms with van der Waals surface area (Å²) in [5, 5.41) is 6.45. The van der Waals surface area contributed by atoms with E-state index in [2.05, 4.69) is 34.9 Å². The van der Waals surface area contributed by atoms with Crippen LogP contribution in [0.2, 0.25) is 0 Å². The zero-order valence-electron chi connectivity index (χ0n) is 10.3. The Balaban J connectivity index is 1.97. The minimum absolute atomic E-state index is 0.150. The Morgan fingerprint density at radius 2 is 2.29 bits per heavy atom. The molecule has 1 aliphatic heterocycles. The lowest BCUT2D eigenvalue weighted by atomic mass is 9.94. The fourth-order valence-electron chi connectivity index (χ4n) is 2.31. The fourth-order valence-corrected chi connectivity index (χ4v) is 2.31. The van der Waals surface area contributed by atoms with Gasteiger partial charge in [0, 0.05) is 19.0 Å². The molecule has 1 amide bonds. The highest BCUT2D eigenvalue weighted by Crippen LogP contribution is 2.21. The zero-order chi connectivity index (χ0) is 12.1. The van der Waals surface area contributed by atoms with Crippen LogP contribution in [0.15, 0.2) is 24.3 Å². The number of hydrogen-bond acceptors (Lipinski definition) is 2. The van der Waals surface area contributed by atoms with Gasteiger partial charge in [-0.15, -0.1) is 0 Å². The summed E-state index contributed by atoms with van der Waals surface area (Å²) < 4.78 is 0. The van der Waals surface area contributed by atoms with Crippen molar-refractivity contribution in [1.29, 1.82) is 0 Å². The first kappa shape index (κ1) is 12.1. The Morgan fingerprint density at radius 1 is 1.47 bits per heavy atom. The molecule has 2 rings (SSSR count). The number of rotatable bonds is 4. The van der Waals surface area contributed by atoms with Crippen LogP contribution in [0, 0.1) is 0 Å². The van der Waals surface area contributed by atoms with Crippen molar-refractivity contribution in [2.24, 2.45) is 0 Å². The van der Waals surface area contributed by atoms with Crippen LogP contribution in [0.5, 0.6) is 0 Å². The monoisotopic (exact) mass is 232 g/mol. The van der Waals surface area contributed by atoms with E-state index in [1.165, 1.54) is 11.1 Å². The van der Waals surface area contributed by atoms with Gasteiger partial charge in [0.2, 0.25) is 5.91 Å². The molecule has 3 heteroatoms. The van der Waals surface area contributed by atoms with Gasteiger partial charge >= 0.3 is 0 Å². The molecule has 1 unspecified atom stereocenters. The van der Waals surface area contributed by atoms with Crippen LogP contribution < -0.4 is 10.6 Å². The highest BCUT2D eigenvalue weighted by molar-refractivity contribution is 5.75. The molecule has 92 valence electrons. The minimum atomic E-state index is 0.150. The van der Waals surface area contributed by atoms with Gasteiger partial charge in [0.15, 0.2) is 0 Å². The van der Waals surface area contributed by atoms with E-state index in [1.807, 2.05) is 6.92 Å². The molecule has 0 radical (unpaired) electrons. The van der Waals surface area contributed by atoms with Crippen molar-refractivity contribution in [3.8, 4) is 0 Å². The summed E-state index contributed by atoms with van der Waals surface area (Å²) in [6.45, 7) is 3.70. The molecular formula is C14H20N2O. The smallest absolute Gasteiger partial charge is 0.220 e. The third-order valence-corrected chi connectivity index (χ3v) is 3.20. The average molecular weight is 232 g/mol. The molecule has 0 saturated heterocycles. The van der Waals surface area contributed by atoms with E-state index in [4.69, 9.17) is 0 Å². The van der Waals surface area contributed by atoms with Gasteiger partial charge in [0.1, 0.15) is 0 Å². The van der Waals surface area contributed by atoms with E-state index in [0.717, 1.165) is 19.4 Å². The van der Waals surface area contributed by atoms with Gasteiger partial charge < -0.3 is 10.6 Å². The van der Waals surface area contributed by atoms with Gasteiger partial charge in [0.05, 0.1) is 0 Å². The Hall–Kier alpha value is -1.35. The number of hydrogen-bond donors (Lipinski definition) is 2. The van der Waals surface area contributed by atoms with Gasteiger partial charge in [0.25, 0.3) is 0 Å². The SMILES string of the molecule is CCCC(=O)NCC1NCCc2ccccc21. The third-order valence-electron chi connectivity index (χ3n) is 3.20. The number of amides is 1. The summed E-state index contributed by atoms with van der Waals surface area (Å²) in [6, 6.07) is 8.74. The molecule has 0 spiro atoms. The van der Waals surface area contributed by atoms with E-state index in [1.54, 1.807) is 0 Å². The molecule has 3 nitrogen and oxygen atoms in total. The maximum atomic E-state index is 11.5. The number of fused-ring (bicyclic) bond motifs is 1. The molecule has 0 aliphatic carbocycles. The Kier molecular flexibility index (Phi) is 4.15. The van der Waals surface area contributed by atoms with Crippen molar-refractivity contribution < 1.29 is 4.79 Å². The maximum absolute atomic E-state index is 11.5. The molecule has 1 heterocycles. The number of carbonyl (C=O) groups excluding carboxylic acids is 1. The van der Waals surface area contributed by atoms with Crippen LogP contribution in [-0.4, -0.2) is 19.0 Å². The topological polar surface area (TPSA) is 41.1 Å². The second kappa shape index (κ2) is 5.82. The van der Waals surface area contributed by atoms with E-state index in [9.17, 15) is 4.79 Å². The first-order valence-corrected chi connectivity index (χ1v) is 6.39. The van der Waals surface area contributed by atoms with Gasteiger partial charge in [-0.2, -0.15) is 0 Å². The highest BCUT2D eigenvalue weighted by Gasteiger charge is 2.19. The van der Waals surface area contributed by atoms with Crippen molar-refractivity contribution in [2.75, 3.05) is 13.1 Å². The van der Waals surface area contributed by atoms with Crippen molar-refractivity contribution in [1.82, 2.24) is 10.6 Å². The van der Waals surface area contributed by atoms with Gasteiger partial charge in [-0.3, -0.25) is 4.79 Å². The summed E-state index contributed by atoms with van der Waals surface area (Å²) in [5.41, 5.74) is 2.73. The molecule has 0 bridgehead atoms. The van der Waals surface area contributed by atoms with E-state index in [-0.39, 0.29) is 11.9 Å². The number of benzene rings is 1. The van der Waals surface area contributed by atoms with E-state index >= 15 is 0 Å². The van der Waals surface area contributed by atoms with Crippen LogP contribution in [0.3, 0.4) is 0 Å². The maximum Gasteiger partial charge on any atom is 0.220 e. The van der Waals surface area contributed by atoms with Crippen molar-refractivity contribution in [2.45, 2.75) is 32.2 Å². The summed E-state index contributed by atoms with van der Waals surface area (Å²) in [7, 11) is 0. The van der Waals surface area contributed by atoms with Gasteiger partial charge in [-0.25, -0.2) is 0 Å². The first-order chi connectivity index (χ1) is 8.31. The predicted octanol–water partition coefficient (Wildman–Crippen LogP) is 1.79. The van der Waals surface area contributed by atoms with Gasteiger partial charge in [-0.1, -0.05) is 31.2 Å². The molecule has 1 aromatic carbocycles. The molecule has 0 aromatic heterocycles. The number of carbonyl (C=O) groups is 1. The molecule has 1 atom stereocenters. The molecule has 1 aliphatic rings. The van der Waals surface area contributed by atoms with E-state index < -0.39 is 0 Å². The van der Waals surface area contributed by atoms with Crippen molar-refractivity contribution in [3.63, 3.8) is 0 Å². The van der Waals surface area contributed by atoms with Gasteiger partial charge in [-0.05, 0) is 30.5 Å². The lowest BCUT2D eigenvalue weighted by Crippen LogP contribution is -2.38. The average Bonchev–Trinajstić information content (AvgIpc) is 2.36. The zero-order valence-corrected chi connectivity index (χ0v) is 10.3. The lowest BCUT2D eigenvalue weighted by molar-refractivity contribution is -0.121. The highest BCUT2D eigenvalue weighted by atomic mass is 16.1. The first-order valence-electron chi connectivity index (χ1n) is 6.39. The summed E-state index contributed by atoms with van der Waals surface area (Å²) >= 11 is 0. The van der Waals surface area contributed by atoms with Crippen LogP contribution in [0.4, 0.5) is 0 Å². The molecule has 2 N–H and O–H groups in total. The third kappa shape index (κ3) is 3.07. The van der Waals surface area contributed by atoms with Crippen molar-refractivity contribution in [3.05, 3.63) is 35.4 Å². The lowest BCUT2D eigenvalue weighted by Gasteiger charge is -2.27. The Morgan fingerprint density at radius 3 is 3.12 bits per heavy atom. The standard InChI is InChI=1S/C14H20N2O/c1-2-5-14(17)16-10-13-12-7-4-3-6-11(12)8-9-15-13/h3-4,6-7,13,15H,2,5,8-10H2,1H3,(H,16,17). The number of nitrogens with one attached hydrogen (secondary N) is 2. The van der Waals surface area contributed by atoms with Crippen LogP contribution in [0.1, 0.15) is 36.9 Å². The summed E-state index contributed by atoms with van der Waals surface area (Å²) in [5.74, 6) is 0.150. The van der Waals surface area contributed by atoms with E-state index in [0.29, 0.717) is 13.0 Å². The summed E-state index contributed by atoms with van der Waals surface area (Å²) in [4.78, 5) is 11.5. The largest absolute Gasteiger partial charge is 0.354 e. The summed E-state index contributed by atoms with van der Waals surface area (Å²) in [6.07, 6.45) is 2.60. The molecule has 1 aromatic rings. The van der Waals surface area contributed by atoms with Crippen molar-refractivity contribution >= 4 is 5.91 Å². The molecular weight excluding hydrogens is 212 g/mol.